The highest BCUT2D eigenvalue weighted by Crippen LogP contribution is 2.30. The first-order valence-electron chi connectivity index (χ1n) is 7.19. The third-order valence-corrected chi connectivity index (χ3v) is 4.28. The molecule has 1 aliphatic carbocycles. The van der Waals surface area contributed by atoms with Crippen LogP contribution in [0.15, 0.2) is 47.2 Å². The van der Waals surface area contributed by atoms with Gasteiger partial charge in [-0.1, -0.05) is 28.1 Å². The van der Waals surface area contributed by atoms with Gasteiger partial charge in [-0.25, -0.2) is 0 Å². The van der Waals surface area contributed by atoms with Gasteiger partial charge in [-0.05, 0) is 43.5 Å². The topological polar surface area (TPSA) is 38.1 Å². The van der Waals surface area contributed by atoms with Gasteiger partial charge in [-0.3, -0.25) is 9.48 Å². The third-order valence-electron chi connectivity index (χ3n) is 3.79. The quantitative estimate of drug-likeness (QED) is 0.831. The van der Waals surface area contributed by atoms with Crippen LogP contribution in [-0.2, 0) is 11.3 Å². The fourth-order valence-corrected chi connectivity index (χ4v) is 2.91. The number of carbonyl (C=O) groups excluding carboxylic acids is 1. The van der Waals surface area contributed by atoms with Crippen molar-refractivity contribution in [1.82, 2.24) is 14.7 Å². The van der Waals surface area contributed by atoms with E-state index in [1.807, 2.05) is 36.2 Å². The van der Waals surface area contributed by atoms with Gasteiger partial charge >= 0.3 is 0 Å². The average molecular weight is 348 g/mol. The molecular weight excluding hydrogens is 330 g/mol. The van der Waals surface area contributed by atoms with Gasteiger partial charge in [-0.2, -0.15) is 5.10 Å². The molecule has 1 aromatic heterocycles. The van der Waals surface area contributed by atoms with Crippen LogP contribution < -0.4 is 0 Å². The highest BCUT2D eigenvalue weighted by atomic mass is 79.9. The Morgan fingerprint density at radius 2 is 2.29 bits per heavy atom. The molecule has 110 valence electrons. The average Bonchev–Trinajstić information content (AvgIpc) is 3.17. The van der Waals surface area contributed by atoms with Gasteiger partial charge in [0.25, 0.3) is 0 Å². The number of halogens is 1. The van der Waals surface area contributed by atoms with E-state index in [2.05, 4.69) is 33.2 Å². The van der Waals surface area contributed by atoms with Crippen LogP contribution >= 0.6 is 15.9 Å². The molecule has 4 nitrogen and oxygen atoms in total. The fourth-order valence-electron chi connectivity index (χ4n) is 2.47. The summed E-state index contributed by atoms with van der Waals surface area (Å²) in [6, 6.07) is 10.1. The fraction of sp³-hybridized carbons (Fsp3) is 0.375. The van der Waals surface area contributed by atoms with Crippen LogP contribution in [0, 0.1) is 0 Å². The molecule has 0 saturated heterocycles. The monoisotopic (exact) mass is 347 g/mol. The maximum absolute atomic E-state index is 12.8. The zero-order chi connectivity index (χ0) is 14.8. The first kappa shape index (κ1) is 14.3. The number of hydrogen-bond acceptors (Lipinski definition) is 2. The van der Waals surface area contributed by atoms with Crippen LogP contribution in [0.5, 0.6) is 0 Å². The van der Waals surface area contributed by atoms with Crippen molar-refractivity contribution >= 4 is 21.8 Å². The van der Waals surface area contributed by atoms with Gasteiger partial charge in [0.05, 0.1) is 0 Å². The molecule has 1 heterocycles. The summed E-state index contributed by atoms with van der Waals surface area (Å²) in [6.07, 6.45) is 5.75. The Morgan fingerprint density at radius 3 is 2.90 bits per heavy atom. The number of rotatable bonds is 5. The van der Waals surface area contributed by atoms with Crippen molar-refractivity contribution in [2.45, 2.75) is 38.4 Å². The molecule has 1 aromatic carbocycles. The lowest BCUT2D eigenvalue weighted by Gasteiger charge is -2.26. The number of carbonyl (C=O) groups is 1. The Hall–Kier alpha value is -1.62. The highest BCUT2D eigenvalue weighted by molar-refractivity contribution is 9.10. The Kier molecular flexibility index (Phi) is 4.10. The summed E-state index contributed by atoms with van der Waals surface area (Å²) in [5.74, 6) is 0.140. The minimum Gasteiger partial charge on any atom is -0.334 e. The molecule has 0 N–H and O–H groups in total. The van der Waals surface area contributed by atoms with Gasteiger partial charge in [0, 0.05) is 29.5 Å². The summed E-state index contributed by atoms with van der Waals surface area (Å²) in [5, 5.41) is 4.18. The molecule has 21 heavy (non-hydrogen) atoms. The molecule has 1 aliphatic rings. The maximum atomic E-state index is 12.8. The summed E-state index contributed by atoms with van der Waals surface area (Å²) in [5.41, 5.74) is 1.15. The van der Waals surface area contributed by atoms with Crippen LogP contribution in [0.2, 0.25) is 0 Å². The van der Waals surface area contributed by atoms with Crippen LogP contribution in [0.25, 0.3) is 0 Å². The van der Waals surface area contributed by atoms with Gasteiger partial charge in [0.15, 0.2) is 0 Å². The first-order valence-corrected chi connectivity index (χ1v) is 7.98. The number of hydrogen-bond donors (Lipinski definition) is 0. The van der Waals surface area contributed by atoms with E-state index in [0.29, 0.717) is 12.6 Å². The molecule has 1 fully saturated rings. The van der Waals surface area contributed by atoms with E-state index >= 15 is 0 Å². The Balaban J connectivity index is 1.77. The van der Waals surface area contributed by atoms with E-state index in [9.17, 15) is 4.79 Å². The zero-order valence-corrected chi connectivity index (χ0v) is 13.5. The van der Waals surface area contributed by atoms with Gasteiger partial charge < -0.3 is 4.90 Å². The first-order chi connectivity index (χ1) is 10.1. The normalized spacial score (nSPS) is 15.7. The molecule has 0 aliphatic heterocycles. The van der Waals surface area contributed by atoms with Crippen molar-refractivity contribution in [3.63, 3.8) is 0 Å². The third kappa shape index (κ3) is 3.35. The summed E-state index contributed by atoms with van der Waals surface area (Å²) in [7, 11) is 0. The van der Waals surface area contributed by atoms with Crippen LogP contribution in [0.4, 0.5) is 0 Å². The molecule has 5 heteroatoms. The minimum absolute atomic E-state index is 0.140. The van der Waals surface area contributed by atoms with Crippen molar-refractivity contribution in [3.8, 4) is 0 Å². The van der Waals surface area contributed by atoms with Gasteiger partial charge in [0.1, 0.15) is 6.04 Å². The minimum atomic E-state index is -0.257. The van der Waals surface area contributed by atoms with E-state index in [1.165, 1.54) is 0 Å². The molecule has 1 saturated carbocycles. The second kappa shape index (κ2) is 6.02. The molecule has 1 amide bonds. The van der Waals surface area contributed by atoms with E-state index < -0.39 is 0 Å². The largest absolute Gasteiger partial charge is 0.334 e. The van der Waals surface area contributed by atoms with E-state index in [0.717, 1.165) is 22.9 Å². The molecule has 1 unspecified atom stereocenters. The van der Waals surface area contributed by atoms with E-state index in [1.54, 1.807) is 10.9 Å². The van der Waals surface area contributed by atoms with Crippen LogP contribution in [0.3, 0.4) is 0 Å². The summed E-state index contributed by atoms with van der Waals surface area (Å²) in [6.45, 7) is 2.57. The van der Waals surface area contributed by atoms with Crippen molar-refractivity contribution in [3.05, 3.63) is 52.8 Å². The van der Waals surface area contributed by atoms with E-state index in [4.69, 9.17) is 0 Å². The van der Waals surface area contributed by atoms with E-state index in [-0.39, 0.29) is 11.9 Å². The maximum Gasteiger partial charge on any atom is 0.247 e. The predicted molar refractivity (Wildman–Crippen MR) is 84.7 cm³/mol. The number of aromatic nitrogens is 2. The highest BCUT2D eigenvalue weighted by Gasteiger charge is 2.35. The molecular formula is C16H18BrN3O. The van der Waals surface area contributed by atoms with Crippen LogP contribution in [0.1, 0.15) is 31.4 Å². The lowest BCUT2D eigenvalue weighted by atomic mass is 10.2. The van der Waals surface area contributed by atoms with Gasteiger partial charge in [0.2, 0.25) is 5.91 Å². The number of amides is 1. The Bertz CT molecular complexity index is 622. The van der Waals surface area contributed by atoms with Gasteiger partial charge in [-0.15, -0.1) is 0 Å². The predicted octanol–water partition coefficient (Wildman–Crippen LogP) is 3.40. The van der Waals surface area contributed by atoms with Crippen LogP contribution in [-0.4, -0.2) is 26.6 Å². The molecule has 0 bridgehead atoms. The summed E-state index contributed by atoms with van der Waals surface area (Å²) < 4.78 is 2.77. The van der Waals surface area contributed by atoms with Crippen molar-refractivity contribution in [1.29, 1.82) is 0 Å². The molecule has 3 rings (SSSR count). The summed E-state index contributed by atoms with van der Waals surface area (Å²) >= 11 is 3.48. The number of nitrogens with zero attached hydrogens (tertiary/aromatic N) is 3. The summed E-state index contributed by atoms with van der Waals surface area (Å²) in [4.78, 5) is 14.8. The smallest absolute Gasteiger partial charge is 0.247 e. The molecule has 2 aromatic rings. The van der Waals surface area contributed by atoms with Crippen molar-refractivity contribution in [2.24, 2.45) is 0 Å². The lowest BCUT2D eigenvalue weighted by Crippen LogP contribution is -2.37. The second-order valence-corrected chi connectivity index (χ2v) is 6.40. The van der Waals surface area contributed by atoms with Crippen molar-refractivity contribution in [2.75, 3.05) is 0 Å². The molecule has 1 atom stereocenters. The Labute approximate surface area is 132 Å². The zero-order valence-electron chi connectivity index (χ0n) is 11.9. The molecule has 0 radical (unpaired) electrons. The Morgan fingerprint density at radius 1 is 1.48 bits per heavy atom. The standard InChI is InChI=1S/C16H18BrN3O/c1-12(20-9-3-8-18-20)16(21)19(15-6-7-15)11-13-4-2-5-14(17)10-13/h2-5,8-10,12,15H,6-7,11H2,1H3. The second-order valence-electron chi connectivity index (χ2n) is 5.49. The van der Waals surface area contributed by atoms with Crippen molar-refractivity contribution < 1.29 is 4.79 Å². The SMILES string of the molecule is CC(C(=O)N(Cc1cccc(Br)c1)C1CC1)n1cccn1. The molecule has 0 spiro atoms. The lowest BCUT2D eigenvalue weighted by molar-refractivity contribution is -0.135. The number of benzene rings is 1.